The van der Waals surface area contributed by atoms with Crippen molar-refractivity contribution in [3.05, 3.63) is 89.8 Å². The Morgan fingerprint density at radius 2 is 1.85 bits per heavy atom. The maximum absolute atomic E-state index is 5.52. The van der Waals surface area contributed by atoms with Crippen LogP contribution in [0.15, 0.2) is 83.6 Å². The summed E-state index contributed by atoms with van der Waals surface area (Å²) in [5, 5.41) is 0. The Morgan fingerprint density at radius 3 is 2.70 bits per heavy atom. The van der Waals surface area contributed by atoms with Gasteiger partial charge in [-0.25, -0.2) is 0 Å². The van der Waals surface area contributed by atoms with E-state index in [9.17, 15) is 0 Å². The number of pyridine rings is 1. The minimum Gasteiger partial charge on any atom is -0.496 e. The molecule has 0 unspecified atom stereocenters. The van der Waals surface area contributed by atoms with E-state index in [2.05, 4.69) is 47.5 Å². The summed E-state index contributed by atoms with van der Waals surface area (Å²) >= 11 is 0. The number of aromatic nitrogens is 1. The zero-order chi connectivity index (χ0) is 18.5. The van der Waals surface area contributed by atoms with E-state index >= 15 is 0 Å². The zero-order valence-electron chi connectivity index (χ0n) is 15.4. The number of methoxy groups -OCH3 is 1. The van der Waals surface area contributed by atoms with Crippen LogP contribution >= 0.6 is 0 Å². The van der Waals surface area contributed by atoms with Crippen LogP contribution in [-0.4, -0.2) is 24.4 Å². The molecule has 3 nitrogen and oxygen atoms in total. The van der Waals surface area contributed by atoms with Crippen molar-refractivity contribution in [2.45, 2.75) is 12.8 Å². The Hall–Kier alpha value is -3.20. The van der Waals surface area contributed by atoms with Crippen molar-refractivity contribution in [1.82, 2.24) is 4.98 Å². The van der Waals surface area contributed by atoms with Crippen LogP contribution in [0.4, 0.5) is 0 Å². The van der Waals surface area contributed by atoms with E-state index in [0.29, 0.717) is 0 Å². The number of benzene rings is 2. The topological polar surface area (TPSA) is 34.5 Å². The number of hydrogen-bond acceptors (Lipinski definition) is 3. The van der Waals surface area contributed by atoms with Crippen molar-refractivity contribution < 1.29 is 4.74 Å². The molecule has 1 aromatic heterocycles. The molecular weight excluding hydrogens is 332 g/mol. The molecule has 0 saturated heterocycles. The molecule has 0 N–H and O–H groups in total. The average molecular weight is 354 g/mol. The first-order valence-corrected chi connectivity index (χ1v) is 9.24. The Morgan fingerprint density at radius 1 is 0.963 bits per heavy atom. The zero-order valence-corrected chi connectivity index (χ0v) is 15.4. The predicted molar refractivity (Wildman–Crippen MR) is 111 cm³/mol. The summed E-state index contributed by atoms with van der Waals surface area (Å²) in [6, 6.07) is 20.7. The number of rotatable bonds is 4. The molecule has 27 heavy (non-hydrogen) atoms. The standard InChI is InChI=1S/C24H22N2O/c1-27-23-12-3-2-11-22(23)19-8-4-7-18(15-19)16-20-9-6-14-26-24(20)21-10-5-13-25-17-21/h2-5,7-8,10-13,15-17H,6,9,14H2,1H3. The van der Waals surface area contributed by atoms with Crippen LogP contribution in [0, 0.1) is 0 Å². The lowest BCUT2D eigenvalue weighted by atomic mass is 9.94. The third-order valence-electron chi connectivity index (χ3n) is 4.76. The van der Waals surface area contributed by atoms with E-state index in [-0.39, 0.29) is 0 Å². The summed E-state index contributed by atoms with van der Waals surface area (Å²) in [4.78, 5) is 9.03. The van der Waals surface area contributed by atoms with Crippen molar-refractivity contribution in [3.63, 3.8) is 0 Å². The first-order chi connectivity index (χ1) is 13.3. The quantitative estimate of drug-likeness (QED) is 0.626. The predicted octanol–water partition coefficient (Wildman–Crippen LogP) is 5.42. The highest BCUT2D eigenvalue weighted by Crippen LogP contribution is 2.31. The fourth-order valence-corrected chi connectivity index (χ4v) is 3.48. The van der Waals surface area contributed by atoms with E-state index in [1.165, 1.54) is 11.1 Å². The van der Waals surface area contributed by atoms with Crippen molar-refractivity contribution in [3.8, 4) is 16.9 Å². The molecule has 0 saturated carbocycles. The molecule has 134 valence electrons. The molecular formula is C24H22N2O. The van der Waals surface area contributed by atoms with Crippen molar-refractivity contribution in [1.29, 1.82) is 0 Å². The van der Waals surface area contributed by atoms with Crippen LogP contribution in [0.3, 0.4) is 0 Å². The smallest absolute Gasteiger partial charge is 0.126 e. The van der Waals surface area contributed by atoms with Gasteiger partial charge < -0.3 is 4.74 Å². The molecule has 3 heteroatoms. The molecule has 4 rings (SSSR count). The number of nitrogens with zero attached hydrogens (tertiary/aromatic N) is 2. The monoisotopic (exact) mass is 354 g/mol. The maximum atomic E-state index is 5.52. The number of ether oxygens (including phenoxy) is 1. The van der Waals surface area contributed by atoms with Gasteiger partial charge in [-0.15, -0.1) is 0 Å². The number of para-hydroxylation sites is 1. The molecule has 2 heterocycles. The lowest BCUT2D eigenvalue weighted by Crippen LogP contribution is -2.11. The highest BCUT2D eigenvalue weighted by atomic mass is 16.5. The van der Waals surface area contributed by atoms with Gasteiger partial charge in [-0.1, -0.05) is 36.4 Å². The van der Waals surface area contributed by atoms with Crippen molar-refractivity contribution >= 4 is 11.8 Å². The lowest BCUT2D eigenvalue weighted by Gasteiger charge is -2.16. The molecule has 1 aliphatic heterocycles. The third kappa shape index (κ3) is 3.82. The van der Waals surface area contributed by atoms with Gasteiger partial charge in [0.15, 0.2) is 0 Å². The van der Waals surface area contributed by atoms with Gasteiger partial charge in [0, 0.05) is 30.1 Å². The molecule has 0 fully saturated rings. The molecule has 1 aliphatic rings. The molecule has 2 aromatic carbocycles. The SMILES string of the molecule is COc1ccccc1-c1cccc(C=C2CCCN=C2c2cccnc2)c1. The number of aliphatic imine (C=N–C) groups is 1. The van der Waals surface area contributed by atoms with E-state index in [1.807, 2.05) is 30.5 Å². The Labute approximate surface area is 160 Å². The van der Waals surface area contributed by atoms with Crippen molar-refractivity contribution in [2.75, 3.05) is 13.7 Å². The number of hydrogen-bond donors (Lipinski definition) is 0. The minimum atomic E-state index is 0.878. The van der Waals surface area contributed by atoms with Gasteiger partial charge in [0.2, 0.25) is 0 Å². The van der Waals surface area contributed by atoms with Crippen LogP contribution in [0.25, 0.3) is 17.2 Å². The molecule has 0 aliphatic carbocycles. The highest BCUT2D eigenvalue weighted by molar-refractivity contribution is 6.15. The largest absolute Gasteiger partial charge is 0.496 e. The minimum absolute atomic E-state index is 0.878. The second kappa shape index (κ2) is 8.00. The lowest BCUT2D eigenvalue weighted by molar-refractivity contribution is 0.416. The van der Waals surface area contributed by atoms with Gasteiger partial charge >= 0.3 is 0 Å². The van der Waals surface area contributed by atoms with Gasteiger partial charge in [-0.2, -0.15) is 0 Å². The second-order valence-electron chi connectivity index (χ2n) is 6.57. The molecule has 0 bridgehead atoms. The Kier molecular flexibility index (Phi) is 5.10. The van der Waals surface area contributed by atoms with Gasteiger partial charge in [0.05, 0.1) is 12.8 Å². The molecule has 0 spiro atoms. The van der Waals surface area contributed by atoms with Crippen LogP contribution in [0.2, 0.25) is 0 Å². The summed E-state index contributed by atoms with van der Waals surface area (Å²) in [5.74, 6) is 0.887. The van der Waals surface area contributed by atoms with E-state index in [4.69, 9.17) is 9.73 Å². The first-order valence-electron chi connectivity index (χ1n) is 9.24. The van der Waals surface area contributed by atoms with Gasteiger partial charge in [-0.3, -0.25) is 9.98 Å². The fraction of sp³-hybridized carbons (Fsp3) is 0.167. The third-order valence-corrected chi connectivity index (χ3v) is 4.76. The normalized spacial score (nSPS) is 15.4. The summed E-state index contributed by atoms with van der Waals surface area (Å²) in [6.45, 7) is 0.878. The summed E-state index contributed by atoms with van der Waals surface area (Å²) < 4.78 is 5.52. The molecule has 0 radical (unpaired) electrons. The van der Waals surface area contributed by atoms with E-state index in [1.54, 1.807) is 13.3 Å². The van der Waals surface area contributed by atoms with Crippen LogP contribution in [-0.2, 0) is 0 Å². The average Bonchev–Trinajstić information content (AvgIpc) is 2.75. The summed E-state index contributed by atoms with van der Waals surface area (Å²) in [6.07, 6.45) is 8.06. The molecule has 0 atom stereocenters. The van der Waals surface area contributed by atoms with Crippen LogP contribution < -0.4 is 4.74 Å². The van der Waals surface area contributed by atoms with Crippen LogP contribution in [0.1, 0.15) is 24.0 Å². The second-order valence-corrected chi connectivity index (χ2v) is 6.57. The Bertz CT molecular complexity index is 990. The maximum Gasteiger partial charge on any atom is 0.126 e. The number of allylic oxidation sites excluding steroid dienone is 1. The molecule has 3 aromatic rings. The van der Waals surface area contributed by atoms with E-state index < -0.39 is 0 Å². The summed E-state index contributed by atoms with van der Waals surface area (Å²) in [5.41, 5.74) is 6.85. The van der Waals surface area contributed by atoms with E-state index in [0.717, 1.165) is 47.5 Å². The highest BCUT2D eigenvalue weighted by Gasteiger charge is 2.14. The van der Waals surface area contributed by atoms with Gasteiger partial charge in [-0.05, 0) is 59.9 Å². The van der Waals surface area contributed by atoms with Gasteiger partial charge in [0.1, 0.15) is 5.75 Å². The van der Waals surface area contributed by atoms with Crippen LogP contribution in [0.5, 0.6) is 5.75 Å². The van der Waals surface area contributed by atoms with Gasteiger partial charge in [0.25, 0.3) is 0 Å². The molecule has 0 amide bonds. The van der Waals surface area contributed by atoms with Crippen molar-refractivity contribution in [2.24, 2.45) is 4.99 Å². The Balaban J connectivity index is 1.72. The fourth-order valence-electron chi connectivity index (χ4n) is 3.48. The summed E-state index contributed by atoms with van der Waals surface area (Å²) in [7, 11) is 1.71. The first kappa shape index (κ1) is 17.2.